The molecular weight excluding hydrogens is 324 g/mol. The summed E-state index contributed by atoms with van der Waals surface area (Å²) in [6.07, 6.45) is 3.61. The molecule has 1 aromatic rings. The van der Waals surface area contributed by atoms with Crippen LogP contribution in [0.1, 0.15) is 26.2 Å². The number of nitrogens with zero attached hydrogens (tertiary/aromatic N) is 1. The molecular formula is C14H22N2O4S2. The lowest BCUT2D eigenvalue weighted by Gasteiger charge is -2.36. The maximum Gasteiger partial charge on any atom is 0.243 e. The van der Waals surface area contributed by atoms with Crippen molar-refractivity contribution in [1.29, 1.82) is 0 Å². The van der Waals surface area contributed by atoms with E-state index >= 15 is 0 Å². The van der Waals surface area contributed by atoms with Crippen molar-refractivity contribution < 1.29 is 16.8 Å². The summed E-state index contributed by atoms with van der Waals surface area (Å²) in [4.78, 5) is 0.210. The molecule has 0 bridgehead atoms. The van der Waals surface area contributed by atoms with Crippen molar-refractivity contribution in [1.82, 2.24) is 4.31 Å². The Bertz CT molecular complexity index is 725. The van der Waals surface area contributed by atoms with Crippen molar-refractivity contribution in [2.45, 2.75) is 48.1 Å². The van der Waals surface area contributed by atoms with E-state index in [1.807, 2.05) is 6.92 Å². The van der Waals surface area contributed by atoms with Crippen molar-refractivity contribution in [3.05, 3.63) is 24.3 Å². The zero-order valence-corrected chi connectivity index (χ0v) is 14.4. The molecule has 0 aliphatic carbocycles. The van der Waals surface area contributed by atoms with E-state index in [0.717, 1.165) is 25.5 Å². The van der Waals surface area contributed by atoms with Crippen molar-refractivity contribution in [2.24, 2.45) is 5.73 Å². The molecule has 0 saturated carbocycles. The first kappa shape index (κ1) is 17.4. The van der Waals surface area contributed by atoms with E-state index in [1.165, 1.54) is 28.6 Å². The minimum absolute atomic E-state index is 0.104. The van der Waals surface area contributed by atoms with Gasteiger partial charge in [0.1, 0.15) is 0 Å². The van der Waals surface area contributed by atoms with Gasteiger partial charge in [-0.2, -0.15) is 4.31 Å². The predicted octanol–water partition coefficient (Wildman–Crippen LogP) is 0.980. The quantitative estimate of drug-likeness (QED) is 0.876. The van der Waals surface area contributed by atoms with Crippen LogP contribution in [-0.2, 0) is 19.9 Å². The number of nitrogens with two attached hydrogens (primary N) is 1. The molecule has 1 fully saturated rings. The second kappa shape index (κ2) is 6.27. The molecule has 124 valence electrons. The molecule has 2 N–H and O–H groups in total. The lowest BCUT2D eigenvalue weighted by molar-refractivity contribution is 0.227. The number of benzene rings is 1. The zero-order chi connectivity index (χ0) is 16.5. The Hall–Kier alpha value is -0.960. The third-order valence-corrected chi connectivity index (χ3v) is 7.03. The van der Waals surface area contributed by atoms with Crippen LogP contribution in [0.25, 0.3) is 0 Å². The highest BCUT2D eigenvalue weighted by molar-refractivity contribution is 7.90. The normalized spacial score (nSPS) is 22.4. The lowest BCUT2D eigenvalue weighted by atomic mass is 10.00. The van der Waals surface area contributed by atoms with Crippen LogP contribution < -0.4 is 5.73 Å². The first-order valence-corrected chi connectivity index (χ1v) is 10.5. The zero-order valence-electron chi connectivity index (χ0n) is 12.8. The minimum atomic E-state index is -3.66. The number of hydrogen-bond donors (Lipinski definition) is 1. The van der Waals surface area contributed by atoms with E-state index in [2.05, 4.69) is 0 Å². The summed E-state index contributed by atoms with van der Waals surface area (Å²) in [6.45, 7) is 2.26. The standard InChI is InChI=1S/C14H22N2O4S2/c1-11(15)14-5-3-4-10-16(14)22(19,20)13-8-6-12(7-9-13)21(2,17)18/h6-9,11,14H,3-5,10,15H2,1-2H3. The molecule has 6 nitrogen and oxygen atoms in total. The SMILES string of the molecule is CC(N)C1CCCCN1S(=O)(=O)c1ccc(S(C)(=O)=O)cc1. The van der Waals surface area contributed by atoms with Crippen LogP contribution >= 0.6 is 0 Å². The van der Waals surface area contributed by atoms with Gasteiger partial charge >= 0.3 is 0 Å². The topological polar surface area (TPSA) is 97.5 Å². The third-order valence-electron chi connectivity index (χ3n) is 3.96. The van der Waals surface area contributed by atoms with Gasteiger partial charge in [0.2, 0.25) is 10.0 Å². The van der Waals surface area contributed by atoms with E-state index in [0.29, 0.717) is 6.54 Å². The van der Waals surface area contributed by atoms with E-state index in [1.54, 1.807) is 0 Å². The maximum atomic E-state index is 12.8. The number of piperidine rings is 1. The van der Waals surface area contributed by atoms with Crippen LogP contribution in [-0.4, -0.2) is 46.0 Å². The van der Waals surface area contributed by atoms with E-state index in [9.17, 15) is 16.8 Å². The van der Waals surface area contributed by atoms with Crippen LogP contribution in [0.15, 0.2) is 34.1 Å². The molecule has 1 aromatic carbocycles. The summed E-state index contributed by atoms with van der Waals surface area (Å²) in [5, 5.41) is 0. The molecule has 1 heterocycles. The minimum Gasteiger partial charge on any atom is -0.326 e. The number of sulfone groups is 1. The summed E-state index contributed by atoms with van der Waals surface area (Å²) >= 11 is 0. The van der Waals surface area contributed by atoms with Gasteiger partial charge in [-0.15, -0.1) is 0 Å². The second-order valence-corrected chi connectivity index (χ2v) is 9.69. The number of sulfonamides is 1. The maximum absolute atomic E-state index is 12.8. The molecule has 22 heavy (non-hydrogen) atoms. The number of rotatable bonds is 4. The van der Waals surface area contributed by atoms with Crippen molar-refractivity contribution in [3.8, 4) is 0 Å². The van der Waals surface area contributed by atoms with Gasteiger partial charge < -0.3 is 5.73 Å². The molecule has 2 rings (SSSR count). The summed E-state index contributed by atoms with van der Waals surface area (Å²) < 4.78 is 49.9. The Balaban J connectivity index is 2.37. The van der Waals surface area contributed by atoms with Gasteiger partial charge in [0.05, 0.1) is 9.79 Å². The van der Waals surface area contributed by atoms with Crippen molar-refractivity contribution in [2.75, 3.05) is 12.8 Å². The molecule has 2 atom stereocenters. The van der Waals surface area contributed by atoms with Crippen molar-refractivity contribution >= 4 is 19.9 Å². The summed E-state index contributed by atoms with van der Waals surface area (Å²) in [5.74, 6) is 0. The first-order valence-electron chi connectivity index (χ1n) is 7.21. The van der Waals surface area contributed by atoms with Gasteiger partial charge in [-0.3, -0.25) is 0 Å². The molecule has 1 aliphatic rings. The van der Waals surface area contributed by atoms with E-state index < -0.39 is 19.9 Å². The van der Waals surface area contributed by atoms with Crippen LogP contribution in [0.5, 0.6) is 0 Å². The lowest BCUT2D eigenvalue weighted by Crippen LogP contribution is -2.51. The molecule has 0 amide bonds. The number of hydrogen-bond acceptors (Lipinski definition) is 5. The van der Waals surface area contributed by atoms with Crippen LogP contribution in [0.4, 0.5) is 0 Å². The molecule has 0 spiro atoms. The smallest absolute Gasteiger partial charge is 0.243 e. The van der Waals surface area contributed by atoms with E-state index in [-0.39, 0.29) is 21.9 Å². The Morgan fingerprint density at radius 3 is 2.14 bits per heavy atom. The van der Waals surface area contributed by atoms with Gasteiger partial charge in [-0.1, -0.05) is 6.42 Å². The Morgan fingerprint density at radius 2 is 1.64 bits per heavy atom. The molecule has 0 aromatic heterocycles. The summed E-state index contributed by atoms with van der Waals surface area (Å²) in [7, 11) is -7.00. The van der Waals surface area contributed by atoms with Crippen LogP contribution in [0, 0.1) is 0 Å². The second-order valence-electron chi connectivity index (χ2n) is 5.78. The molecule has 1 saturated heterocycles. The Morgan fingerprint density at radius 1 is 1.09 bits per heavy atom. The fourth-order valence-corrected chi connectivity index (χ4v) is 5.15. The van der Waals surface area contributed by atoms with Gasteiger partial charge in [-0.05, 0) is 44.0 Å². The molecule has 0 radical (unpaired) electrons. The van der Waals surface area contributed by atoms with Gasteiger partial charge in [-0.25, -0.2) is 16.8 Å². The average molecular weight is 346 g/mol. The molecule has 1 aliphatic heterocycles. The third kappa shape index (κ3) is 3.51. The fraction of sp³-hybridized carbons (Fsp3) is 0.571. The van der Waals surface area contributed by atoms with E-state index in [4.69, 9.17) is 5.73 Å². The monoisotopic (exact) mass is 346 g/mol. The first-order chi connectivity index (χ1) is 10.1. The molecule has 2 unspecified atom stereocenters. The van der Waals surface area contributed by atoms with Crippen LogP contribution in [0.2, 0.25) is 0 Å². The Labute approximate surface area is 132 Å². The highest BCUT2D eigenvalue weighted by atomic mass is 32.2. The highest BCUT2D eigenvalue weighted by Crippen LogP contribution is 2.27. The summed E-state index contributed by atoms with van der Waals surface area (Å²) in [5.41, 5.74) is 5.93. The van der Waals surface area contributed by atoms with Crippen LogP contribution in [0.3, 0.4) is 0 Å². The van der Waals surface area contributed by atoms with Gasteiger partial charge in [0.25, 0.3) is 0 Å². The Kier molecular flexibility index (Phi) is 4.96. The molecule has 8 heteroatoms. The van der Waals surface area contributed by atoms with Gasteiger partial charge in [0.15, 0.2) is 9.84 Å². The summed E-state index contributed by atoms with van der Waals surface area (Å²) in [6, 6.07) is 4.88. The fourth-order valence-electron chi connectivity index (χ4n) is 2.75. The average Bonchev–Trinajstić information content (AvgIpc) is 2.46. The largest absolute Gasteiger partial charge is 0.326 e. The van der Waals surface area contributed by atoms with Crippen molar-refractivity contribution in [3.63, 3.8) is 0 Å². The predicted molar refractivity (Wildman–Crippen MR) is 84.7 cm³/mol. The highest BCUT2D eigenvalue weighted by Gasteiger charge is 2.35. The van der Waals surface area contributed by atoms with Gasteiger partial charge in [0, 0.05) is 24.9 Å².